The van der Waals surface area contributed by atoms with Crippen molar-refractivity contribution in [3.8, 4) is 0 Å². The molecule has 20 heavy (non-hydrogen) atoms. The summed E-state index contributed by atoms with van der Waals surface area (Å²) in [5, 5.41) is 3.69. The minimum atomic E-state index is -3.58. The Hall–Kier alpha value is -1.73. The molecule has 0 aromatic carbocycles. The van der Waals surface area contributed by atoms with Gasteiger partial charge in [-0.25, -0.2) is 12.7 Å². The Balaban J connectivity index is 2.14. The number of hydrogen-bond acceptors (Lipinski definition) is 5. The summed E-state index contributed by atoms with van der Waals surface area (Å²) in [7, 11) is -2.03. The second-order valence-corrected chi connectivity index (χ2v) is 6.53. The first-order chi connectivity index (χ1) is 9.43. The van der Waals surface area contributed by atoms with Gasteiger partial charge in [-0.15, -0.1) is 0 Å². The van der Waals surface area contributed by atoms with Crippen molar-refractivity contribution >= 4 is 10.0 Å². The van der Waals surface area contributed by atoms with Crippen molar-refractivity contribution in [1.82, 2.24) is 14.4 Å². The highest BCUT2D eigenvalue weighted by Gasteiger charge is 2.28. The van der Waals surface area contributed by atoms with Crippen LogP contribution in [0.15, 0.2) is 33.8 Å². The molecule has 2 rings (SSSR count). The SMILES string of the molecule is Cc1noc(C)c1S(=O)(=O)N(C)CCc1ccccn1. The fourth-order valence-corrected chi connectivity index (χ4v) is 3.39. The Kier molecular flexibility index (Phi) is 4.20. The zero-order chi connectivity index (χ0) is 14.8. The van der Waals surface area contributed by atoms with Gasteiger partial charge in [0.05, 0.1) is 0 Å². The highest BCUT2D eigenvalue weighted by molar-refractivity contribution is 7.89. The van der Waals surface area contributed by atoms with E-state index in [0.29, 0.717) is 24.4 Å². The summed E-state index contributed by atoms with van der Waals surface area (Å²) in [5.41, 5.74) is 1.24. The van der Waals surface area contributed by atoms with E-state index in [0.717, 1.165) is 5.69 Å². The smallest absolute Gasteiger partial charge is 0.248 e. The molecule has 0 saturated carbocycles. The number of likely N-dealkylation sites (N-methyl/N-ethyl adjacent to an activating group) is 1. The van der Waals surface area contributed by atoms with Gasteiger partial charge in [0.2, 0.25) is 10.0 Å². The first-order valence-electron chi connectivity index (χ1n) is 6.22. The maximum atomic E-state index is 12.5. The lowest BCUT2D eigenvalue weighted by molar-refractivity contribution is 0.390. The van der Waals surface area contributed by atoms with Crippen molar-refractivity contribution in [1.29, 1.82) is 0 Å². The van der Waals surface area contributed by atoms with Gasteiger partial charge in [0.15, 0.2) is 5.76 Å². The molecule has 0 unspecified atom stereocenters. The molecule has 0 atom stereocenters. The van der Waals surface area contributed by atoms with E-state index in [2.05, 4.69) is 10.1 Å². The van der Waals surface area contributed by atoms with Gasteiger partial charge in [0.1, 0.15) is 10.6 Å². The van der Waals surface area contributed by atoms with Crippen LogP contribution in [0.2, 0.25) is 0 Å². The summed E-state index contributed by atoms with van der Waals surface area (Å²) < 4.78 is 31.1. The fourth-order valence-electron chi connectivity index (χ4n) is 1.94. The van der Waals surface area contributed by atoms with Crippen LogP contribution >= 0.6 is 0 Å². The molecule has 2 aromatic heterocycles. The summed E-state index contributed by atoms with van der Waals surface area (Å²) in [5.74, 6) is 0.312. The summed E-state index contributed by atoms with van der Waals surface area (Å²) in [4.78, 5) is 4.33. The molecule has 0 amide bonds. The van der Waals surface area contributed by atoms with Crippen LogP contribution in [0, 0.1) is 13.8 Å². The molecule has 7 heteroatoms. The lowest BCUT2D eigenvalue weighted by atomic mass is 10.3. The van der Waals surface area contributed by atoms with Crippen molar-refractivity contribution in [2.24, 2.45) is 0 Å². The Morgan fingerprint density at radius 2 is 2.05 bits per heavy atom. The standard InChI is InChI=1S/C13H17N3O3S/c1-10-13(11(2)19-15-10)20(17,18)16(3)9-7-12-6-4-5-8-14-12/h4-6,8H,7,9H2,1-3H3. The third-order valence-corrected chi connectivity index (χ3v) is 5.15. The third kappa shape index (κ3) is 2.88. The summed E-state index contributed by atoms with van der Waals surface area (Å²) in [6.45, 7) is 3.57. The fraction of sp³-hybridized carbons (Fsp3) is 0.385. The van der Waals surface area contributed by atoms with Gasteiger partial charge in [0, 0.05) is 31.9 Å². The van der Waals surface area contributed by atoms with Crippen LogP contribution in [-0.4, -0.2) is 36.5 Å². The molecule has 0 saturated heterocycles. The number of hydrogen-bond donors (Lipinski definition) is 0. The lowest BCUT2D eigenvalue weighted by Crippen LogP contribution is -2.29. The van der Waals surface area contributed by atoms with E-state index in [1.807, 2.05) is 18.2 Å². The zero-order valence-corrected chi connectivity index (χ0v) is 12.5. The monoisotopic (exact) mass is 295 g/mol. The predicted octanol–water partition coefficient (Wildman–Crippen LogP) is 1.55. The van der Waals surface area contributed by atoms with Gasteiger partial charge in [0.25, 0.3) is 0 Å². The van der Waals surface area contributed by atoms with Gasteiger partial charge in [-0.1, -0.05) is 11.2 Å². The van der Waals surface area contributed by atoms with Gasteiger partial charge in [-0.2, -0.15) is 0 Å². The highest BCUT2D eigenvalue weighted by Crippen LogP contribution is 2.22. The Bertz CT molecular complexity index is 661. The summed E-state index contributed by atoms with van der Waals surface area (Å²) in [6, 6.07) is 5.58. The molecule has 2 aromatic rings. The second-order valence-electron chi connectivity index (χ2n) is 4.55. The third-order valence-electron chi connectivity index (χ3n) is 3.05. The maximum Gasteiger partial charge on any atom is 0.248 e. The number of pyridine rings is 1. The number of nitrogens with zero attached hydrogens (tertiary/aromatic N) is 3. The van der Waals surface area contributed by atoms with Crippen molar-refractivity contribution in [3.05, 3.63) is 41.5 Å². The quantitative estimate of drug-likeness (QED) is 0.836. The molecular formula is C13H17N3O3S. The van der Waals surface area contributed by atoms with E-state index in [9.17, 15) is 8.42 Å². The molecule has 0 spiro atoms. The number of aromatic nitrogens is 2. The van der Waals surface area contributed by atoms with E-state index < -0.39 is 10.0 Å². The van der Waals surface area contributed by atoms with E-state index in [1.165, 1.54) is 4.31 Å². The van der Waals surface area contributed by atoms with Crippen LogP contribution < -0.4 is 0 Å². The van der Waals surface area contributed by atoms with Crippen molar-refractivity contribution < 1.29 is 12.9 Å². The van der Waals surface area contributed by atoms with Gasteiger partial charge < -0.3 is 4.52 Å². The van der Waals surface area contributed by atoms with E-state index in [1.54, 1.807) is 27.1 Å². The Morgan fingerprint density at radius 3 is 2.60 bits per heavy atom. The number of rotatable bonds is 5. The van der Waals surface area contributed by atoms with Gasteiger partial charge in [-0.05, 0) is 26.0 Å². The molecule has 0 N–H and O–H groups in total. The van der Waals surface area contributed by atoms with E-state index in [-0.39, 0.29) is 4.90 Å². The Morgan fingerprint density at radius 1 is 1.30 bits per heavy atom. The molecule has 0 fully saturated rings. The van der Waals surface area contributed by atoms with Crippen LogP contribution in [0.1, 0.15) is 17.1 Å². The van der Waals surface area contributed by atoms with Crippen molar-refractivity contribution in [3.63, 3.8) is 0 Å². The van der Waals surface area contributed by atoms with Crippen LogP contribution in [0.25, 0.3) is 0 Å². The summed E-state index contributed by atoms with van der Waals surface area (Å²) in [6.07, 6.45) is 2.25. The maximum absolute atomic E-state index is 12.5. The predicted molar refractivity (Wildman–Crippen MR) is 73.7 cm³/mol. The molecule has 108 valence electrons. The molecule has 6 nitrogen and oxygen atoms in total. The highest BCUT2D eigenvalue weighted by atomic mass is 32.2. The minimum absolute atomic E-state index is 0.154. The first-order valence-corrected chi connectivity index (χ1v) is 7.66. The van der Waals surface area contributed by atoms with Gasteiger partial charge in [-0.3, -0.25) is 4.98 Å². The minimum Gasteiger partial charge on any atom is -0.360 e. The van der Waals surface area contributed by atoms with Crippen LogP contribution in [0.4, 0.5) is 0 Å². The lowest BCUT2D eigenvalue weighted by Gasteiger charge is -2.16. The average molecular weight is 295 g/mol. The van der Waals surface area contributed by atoms with E-state index in [4.69, 9.17) is 4.52 Å². The molecule has 0 aliphatic carbocycles. The topological polar surface area (TPSA) is 76.3 Å². The zero-order valence-electron chi connectivity index (χ0n) is 11.7. The molecule has 0 aliphatic heterocycles. The van der Waals surface area contributed by atoms with Crippen LogP contribution in [0.3, 0.4) is 0 Å². The largest absolute Gasteiger partial charge is 0.360 e. The number of aryl methyl sites for hydroxylation is 2. The van der Waals surface area contributed by atoms with Crippen LogP contribution in [0.5, 0.6) is 0 Å². The van der Waals surface area contributed by atoms with Crippen LogP contribution in [-0.2, 0) is 16.4 Å². The van der Waals surface area contributed by atoms with E-state index >= 15 is 0 Å². The molecule has 0 aliphatic rings. The molecular weight excluding hydrogens is 278 g/mol. The van der Waals surface area contributed by atoms with Crippen molar-refractivity contribution in [2.75, 3.05) is 13.6 Å². The normalized spacial score (nSPS) is 12.0. The molecule has 0 radical (unpaired) electrons. The Labute approximate surface area is 118 Å². The average Bonchev–Trinajstić information content (AvgIpc) is 2.77. The second kappa shape index (κ2) is 5.72. The van der Waals surface area contributed by atoms with Crippen molar-refractivity contribution in [2.45, 2.75) is 25.2 Å². The molecule has 0 bridgehead atoms. The first kappa shape index (κ1) is 14.7. The number of sulfonamides is 1. The van der Waals surface area contributed by atoms with Gasteiger partial charge >= 0.3 is 0 Å². The molecule has 2 heterocycles. The summed E-state index contributed by atoms with van der Waals surface area (Å²) >= 11 is 0.